The Morgan fingerprint density at radius 3 is 3.00 bits per heavy atom. The lowest BCUT2D eigenvalue weighted by Gasteiger charge is -2.12. The first-order valence-electron chi connectivity index (χ1n) is 6.64. The van der Waals surface area contributed by atoms with Crippen molar-refractivity contribution in [3.63, 3.8) is 0 Å². The smallest absolute Gasteiger partial charge is 0.0929 e. The summed E-state index contributed by atoms with van der Waals surface area (Å²) in [4.78, 5) is 0. The molecule has 102 valence electrons. The third kappa shape index (κ3) is 2.83. The SMILES string of the molecule is NNC(Cc1ccn(C2CCCC2)n1)c1cnsn1. The van der Waals surface area contributed by atoms with Crippen molar-refractivity contribution >= 4 is 11.7 Å². The molecule has 0 amide bonds. The lowest BCUT2D eigenvalue weighted by molar-refractivity contribution is 0.456. The molecule has 0 radical (unpaired) electrons. The van der Waals surface area contributed by atoms with Gasteiger partial charge in [-0.2, -0.15) is 13.8 Å². The lowest BCUT2D eigenvalue weighted by Crippen LogP contribution is -2.30. The van der Waals surface area contributed by atoms with E-state index in [0.29, 0.717) is 6.04 Å². The molecule has 3 rings (SSSR count). The van der Waals surface area contributed by atoms with Crippen LogP contribution < -0.4 is 11.3 Å². The third-order valence-electron chi connectivity index (χ3n) is 3.71. The molecule has 6 nitrogen and oxygen atoms in total. The molecule has 1 aliphatic carbocycles. The van der Waals surface area contributed by atoms with E-state index in [1.807, 2.05) is 0 Å². The fourth-order valence-electron chi connectivity index (χ4n) is 2.64. The van der Waals surface area contributed by atoms with Crippen LogP contribution in [0.4, 0.5) is 0 Å². The minimum atomic E-state index is -0.0225. The highest BCUT2D eigenvalue weighted by Gasteiger charge is 2.19. The number of hydrogen-bond acceptors (Lipinski definition) is 6. The van der Waals surface area contributed by atoms with Gasteiger partial charge in [-0.25, -0.2) is 0 Å². The van der Waals surface area contributed by atoms with Crippen LogP contribution in [0.3, 0.4) is 0 Å². The molecule has 1 atom stereocenters. The average molecular weight is 278 g/mol. The summed E-state index contributed by atoms with van der Waals surface area (Å²) in [6, 6.07) is 2.63. The van der Waals surface area contributed by atoms with E-state index in [9.17, 15) is 0 Å². The van der Waals surface area contributed by atoms with Crippen LogP contribution in [0.2, 0.25) is 0 Å². The van der Waals surface area contributed by atoms with Crippen molar-refractivity contribution in [3.8, 4) is 0 Å². The van der Waals surface area contributed by atoms with Crippen LogP contribution in [0.1, 0.15) is 49.2 Å². The second-order valence-corrected chi connectivity index (χ2v) is 5.54. The maximum Gasteiger partial charge on any atom is 0.0929 e. The minimum Gasteiger partial charge on any atom is -0.271 e. The van der Waals surface area contributed by atoms with Gasteiger partial charge in [0.15, 0.2) is 0 Å². The zero-order valence-corrected chi connectivity index (χ0v) is 11.5. The summed E-state index contributed by atoms with van der Waals surface area (Å²) >= 11 is 1.20. The summed E-state index contributed by atoms with van der Waals surface area (Å²) in [6.07, 6.45) is 9.70. The van der Waals surface area contributed by atoms with Crippen LogP contribution in [0.25, 0.3) is 0 Å². The van der Waals surface area contributed by atoms with E-state index in [2.05, 4.69) is 36.2 Å². The first-order chi connectivity index (χ1) is 9.36. The van der Waals surface area contributed by atoms with Gasteiger partial charge >= 0.3 is 0 Å². The van der Waals surface area contributed by atoms with Gasteiger partial charge in [0.2, 0.25) is 0 Å². The van der Waals surface area contributed by atoms with Crippen LogP contribution in [0, 0.1) is 0 Å². The molecule has 1 saturated carbocycles. The topological polar surface area (TPSA) is 81.6 Å². The van der Waals surface area contributed by atoms with Gasteiger partial charge in [-0.15, -0.1) is 0 Å². The molecule has 2 heterocycles. The van der Waals surface area contributed by atoms with Gasteiger partial charge in [-0.3, -0.25) is 16.0 Å². The number of aromatic nitrogens is 4. The summed E-state index contributed by atoms with van der Waals surface area (Å²) in [7, 11) is 0. The molecule has 19 heavy (non-hydrogen) atoms. The number of hydrogen-bond donors (Lipinski definition) is 2. The number of nitrogens with zero attached hydrogens (tertiary/aromatic N) is 4. The molecule has 1 unspecified atom stereocenters. The summed E-state index contributed by atoms with van der Waals surface area (Å²) in [5.41, 5.74) is 4.71. The number of nitrogens with two attached hydrogens (primary N) is 1. The Hall–Kier alpha value is -1.31. The third-order valence-corrected chi connectivity index (χ3v) is 4.20. The second kappa shape index (κ2) is 5.77. The number of nitrogens with one attached hydrogen (secondary N) is 1. The molecule has 2 aromatic heterocycles. The number of hydrazine groups is 1. The van der Waals surface area contributed by atoms with E-state index in [1.54, 1.807) is 6.20 Å². The molecule has 2 aromatic rings. The highest BCUT2D eigenvalue weighted by atomic mass is 32.1. The molecule has 3 N–H and O–H groups in total. The summed E-state index contributed by atoms with van der Waals surface area (Å²) in [5.74, 6) is 5.59. The first-order valence-corrected chi connectivity index (χ1v) is 7.37. The van der Waals surface area contributed by atoms with E-state index in [4.69, 9.17) is 5.84 Å². The van der Waals surface area contributed by atoms with E-state index >= 15 is 0 Å². The van der Waals surface area contributed by atoms with Crippen molar-refractivity contribution in [2.75, 3.05) is 0 Å². The monoisotopic (exact) mass is 278 g/mol. The average Bonchev–Trinajstić information content (AvgIpc) is 3.15. The molecule has 1 fully saturated rings. The Bertz CT molecular complexity index is 502. The fourth-order valence-corrected chi connectivity index (χ4v) is 3.11. The van der Waals surface area contributed by atoms with Gasteiger partial charge in [0.1, 0.15) is 0 Å². The minimum absolute atomic E-state index is 0.0225. The van der Waals surface area contributed by atoms with Gasteiger partial charge in [0.25, 0.3) is 0 Å². The van der Waals surface area contributed by atoms with Crippen LogP contribution in [0.5, 0.6) is 0 Å². The largest absolute Gasteiger partial charge is 0.271 e. The maximum absolute atomic E-state index is 5.59. The van der Waals surface area contributed by atoms with Crippen LogP contribution >= 0.6 is 11.7 Å². The molecule has 1 aliphatic rings. The van der Waals surface area contributed by atoms with Crippen molar-refractivity contribution in [3.05, 3.63) is 29.8 Å². The standard InChI is InChI=1S/C12H18N6S/c13-15-11(12-8-14-19-17-12)7-9-5-6-18(16-9)10-3-1-2-4-10/h5-6,8,10-11,15H,1-4,7,13H2. The van der Waals surface area contributed by atoms with E-state index in [1.165, 1.54) is 37.4 Å². The summed E-state index contributed by atoms with van der Waals surface area (Å²) in [5, 5.41) is 4.67. The first kappa shape index (κ1) is 12.7. The Balaban J connectivity index is 1.69. The van der Waals surface area contributed by atoms with Crippen LogP contribution in [-0.2, 0) is 6.42 Å². The molecule has 0 aliphatic heterocycles. The Morgan fingerprint density at radius 1 is 1.47 bits per heavy atom. The second-order valence-electron chi connectivity index (χ2n) is 4.98. The van der Waals surface area contributed by atoms with Gasteiger partial charge in [0.05, 0.1) is 41.4 Å². The lowest BCUT2D eigenvalue weighted by atomic mass is 10.1. The number of rotatable bonds is 5. The van der Waals surface area contributed by atoms with Gasteiger partial charge in [-0.1, -0.05) is 12.8 Å². The molecule has 0 aromatic carbocycles. The molecule has 7 heteroatoms. The molecule has 0 spiro atoms. The van der Waals surface area contributed by atoms with Crippen molar-refractivity contribution < 1.29 is 0 Å². The quantitative estimate of drug-likeness (QED) is 0.641. The predicted molar refractivity (Wildman–Crippen MR) is 73.4 cm³/mol. The fraction of sp³-hybridized carbons (Fsp3) is 0.583. The van der Waals surface area contributed by atoms with Crippen molar-refractivity contribution in [1.82, 2.24) is 24.0 Å². The maximum atomic E-state index is 5.59. The summed E-state index contributed by atoms with van der Waals surface area (Å²) in [6.45, 7) is 0. The molecular formula is C12H18N6S. The molecular weight excluding hydrogens is 260 g/mol. The van der Waals surface area contributed by atoms with E-state index < -0.39 is 0 Å². The Kier molecular flexibility index (Phi) is 3.86. The zero-order valence-electron chi connectivity index (χ0n) is 10.7. The van der Waals surface area contributed by atoms with Crippen molar-refractivity contribution in [2.45, 2.75) is 44.2 Å². The van der Waals surface area contributed by atoms with Gasteiger partial charge in [0, 0.05) is 12.6 Å². The molecule has 0 saturated heterocycles. The van der Waals surface area contributed by atoms with E-state index in [-0.39, 0.29) is 6.04 Å². The summed E-state index contributed by atoms with van der Waals surface area (Å²) < 4.78 is 10.3. The van der Waals surface area contributed by atoms with Crippen molar-refractivity contribution in [1.29, 1.82) is 0 Å². The Morgan fingerprint density at radius 2 is 2.32 bits per heavy atom. The van der Waals surface area contributed by atoms with E-state index in [0.717, 1.165) is 17.8 Å². The highest BCUT2D eigenvalue weighted by molar-refractivity contribution is 6.99. The van der Waals surface area contributed by atoms with Gasteiger partial charge < -0.3 is 0 Å². The van der Waals surface area contributed by atoms with Crippen LogP contribution in [0.15, 0.2) is 18.5 Å². The molecule has 0 bridgehead atoms. The zero-order chi connectivity index (χ0) is 13.1. The van der Waals surface area contributed by atoms with Gasteiger partial charge in [-0.05, 0) is 18.9 Å². The Labute approximate surface area is 116 Å². The van der Waals surface area contributed by atoms with Crippen molar-refractivity contribution in [2.24, 2.45) is 5.84 Å². The van der Waals surface area contributed by atoms with Crippen LogP contribution in [-0.4, -0.2) is 18.5 Å². The highest BCUT2D eigenvalue weighted by Crippen LogP contribution is 2.29. The predicted octanol–water partition coefficient (Wildman–Crippen LogP) is 1.60. The normalized spacial score (nSPS) is 17.9.